The zero-order chi connectivity index (χ0) is 20.5. The van der Waals surface area contributed by atoms with Crippen LogP contribution in [0.5, 0.6) is 0 Å². The maximum atomic E-state index is 13.1. The number of nitrogens with one attached hydrogen (secondary N) is 1. The molecule has 2 aromatic carbocycles. The molecule has 1 N–H and O–H groups in total. The van der Waals surface area contributed by atoms with Crippen LogP contribution < -0.4 is 10.9 Å². The second-order valence-corrected chi connectivity index (χ2v) is 7.15. The zero-order valence-electron chi connectivity index (χ0n) is 16.6. The normalized spacial score (nSPS) is 12.2. The second kappa shape index (κ2) is 7.47. The van der Waals surface area contributed by atoms with Crippen LogP contribution in [-0.4, -0.2) is 20.7 Å². The van der Waals surface area contributed by atoms with E-state index in [0.29, 0.717) is 28.7 Å². The quantitative estimate of drug-likeness (QED) is 0.575. The van der Waals surface area contributed by atoms with Gasteiger partial charge in [-0.15, -0.1) is 0 Å². The van der Waals surface area contributed by atoms with E-state index in [1.54, 1.807) is 19.2 Å². The van der Waals surface area contributed by atoms with Gasteiger partial charge in [-0.2, -0.15) is 5.10 Å². The maximum Gasteiger partial charge on any atom is 0.274 e. The molecule has 0 spiro atoms. The van der Waals surface area contributed by atoms with Gasteiger partial charge in [0.05, 0.1) is 28.2 Å². The molecule has 0 aliphatic carbocycles. The lowest BCUT2D eigenvalue weighted by Crippen LogP contribution is -2.27. The van der Waals surface area contributed by atoms with Crippen molar-refractivity contribution in [1.82, 2.24) is 14.8 Å². The van der Waals surface area contributed by atoms with E-state index >= 15 is 0 Å². The molecule has 2 aromatic heterocycles. The number of nitrogens with zero attached hydrogens (tertiary/aromatic N) is 3. The Morgan fingerprint density at radius 3 is 2.66 bits per heavy atom. The number of hydrogen-bond acceptors (Lipinski definition) is 4. The topological polar surface area (TPSA) is 76.9 Å². The molecule has 29 heavy (non-hydrogen) atoms. The Morgan fingerprint density at radius 2 is 1.90 bits per heavy atom. The lowest BCUT2D eigenvalue weighted by Gasteiger charge is -2.16. The Hall–Kier alpha value is -3.54. The van der Waals surface area contributed by atoms with Gasteiger partial charge in [0.2, 0.25) is 5.91 Å². The molecule has 0 radical (unpaired) electrons. The van der Waals surface area contributed by atoms with Crippen LogP contribution >= 0.6 is 0 Å². The van der Waals surface area contributed by atoms with Gasteiger partial charge in [0.1, 0.15) is 0 Å². The minimum absolute atomic E-state index is 0.145. The molecule has 0 unspecified atom stereocenters. The summed E-state index contributed by atoms with van der Waals surface area (Å²) in [6.45, 7) is 6.09. The van der Waals surface area contributed by atoms with Gasteiger partial charge in [-0.25, -0.2) is 4.68 Å². The highest BCUT2D eigenvalue weighted by Gasteiger charge is 2.22. The van der Waals surface area contributed by atoms with Crippen molar-refractivity contribution >= 4 is 33.3 Å². The Balaban J connectivity index is 1.77. The summed E-state index contributed by atoms with van der Waals surface area (Å²) in [5.74, 6) is -0.737. The van der Waals surface area contributed by atoms with Crippen molar-refractivity contribution in [2.45, 2.75) is 33.2 Å². The van der Waals surface area contributed by atoms with Gasteiger partial charge in [0, 0.05) is 23.5 Å². The molecule has 6 heteroatoms. The summed E-state index contributed by atoms with van der Waals surface area (Å²) < 4.78 is 1.41. The molecule has 4 rings (SSSR count). The Bertz CT molecular complexity index is 1290. The summed E-state index contributed by atoms with van der Waals surface area (Å²) in [5.41, 5.74) is 2.90. The van der Waals surface area contributed by atoms with E-state index in [9.17, 15) is 9.59 Å². The van der Waals surface area contributed by atoms with Crippen LogP contribution in [0.3, 0.4) is 0 Å². The van der Waals surface area contributed by atoms with Crippen LogP contribution in [0.4, 0.5) is 5.69 Å². The SMILES string of the molecule is CCn1nc([C@H](C)C(=O)Nc2cc(C)cc3cccnc23)c2ccccc2c1=O. The monoisotopic (exact) mass is 386 g/mol. The van der Waals surface area contributed by atoms with Crippen molar-refractivity contribution in [3.05, 3.63) is 76.3 Å². The average Bonchev–Trinajstić information content (AvgIpc) is 2.73. The number of pyridine rings is 1. The minimum Gasteiger partial charge on any atom is -0.324 e. The van der Waals surface area contributed by atoms with Gasteiger partial charge in [0.15, 0.2) is 0 Å². The predicted molar refractivity (Wildman–Crippen MR) is 115 cm³/mol. The molecule has 4 aromatic rings. The van der Waals surface area contributed by atoms with Gasteiger partial charge in [0.25, 0.3) is 5.56 Å². The smallest absolute Gasteiger partial charge is 0.274 e. The first kappa shape index (κ1) is 18.8. The van der Waals surface area contributed by atoms with Gasteiger partial charge in [-0.1, -0.05) is 24.3 Å². The molecule has 146 valence electrons. The van der Waals surface area contributed by atoms with E-state index in [0.717, 1.165) is 16.5 Å². The number of carbonyl (C=O) groups is 1. The fourth-order valence-electron chi connectivity index (χ4n) is 3.60. The summed E-state index contributed by atoms with van der Waals surface area (Å²) in [5, 5.41) is 9.75. The van der Waals surface area contributed by atoms with Crippen LogP contribution in [0.15, 0.2) is 59.5 Å². The minimum atomic E-state index is -0.544. The molecular formula is C23H22N4O2. The fourth-order valence-corrected chi connectivity index (χ4v) is 3.60. The number of rotatable bonds is 4. The van der Waals surface area contributed by atoms with Crippen molar-refractivity contribution < 1.29 is 4.79 Å². The van der Waals surface area contributed by atoms with E-state index < -0.39 is 5.92 Å². The molecular weight excluding hydrogens is 364 g/mol. The second-order valence-electron chi connectivity index (χ2n) is 7.15. The Morgan fingerprint density at radius 1 is 1.14 bits per heavy atom. The summed E-state index contributed by atoms with van der Waals surface area (Å²) in [6.07, 6.45) is 1.71. The number of fused-ring (bicyclic) bond motifs is 2. The number of anilines is 1. The van der Waals surface area contributed by atoms with Gasteiger partial charge in [-0.3, -0.25) is 14.6 Å². The first-order valence-corrected chi connectivity index (χ1v) is 9.65. The van der Waals surface area contributed by atoms with Gasteiger partial charge < -0.3 is 5.32 Å². The van der Waals surface area contributed by atoms with E-state index in [-0.39, 0.29) is 11.5 Å². The molecule has 0 saturated heterocycles. The summed E-state index contributed by atoms with van der Waals surface area (Å²) in [4.78, 5) is 30.1. The Labute approximate surface area is 168 Å². The van der Waals surface area contributed by atoms with Crippen LogP contribution in [-0.2, 0) is 11.3 Å². The number of hydrogen-bond donors (Lipinski definition) is 1. The van der Waals surface area contributed by atoms with Crippen molar-refractivity contribution in [3.63, 3.8) is 0 Å². The maximum absolute atomic E-state index is 13.1. The van der Waals surface area contributed by atoms with Gasteiger partial charge >= 0.3 is 0 Å². The standard InChI is InChI=1S/C23H22N4O2/c1-4-27-23(29)18-10-6-5-9-17(18)20(26-27)15(3)22(28)25-19-13-14(2)12-16-8-7-11-24-21(16)19/h5-13,15H,4H2,1-3H3,(H,25,28)/t15-/m0/s1. The van der Waals surface area contributed by atoms with Crippen molar-refractivity contribution in [3.8, 4) is 0 Å². The lowest BCUT2D eigenvalue weighted by molar-refractivity contribution is -0.117. The van der Waals surface area contributed by atoms with E-state index in [2.05, 4.69) is 15.4 Å². The third-order valence-electron chi connectivity index (χ3n) is 5.11. The van der Waals surface area contributed by atoms with Crippen LogP contribution in [0.25, 0.3) is 21.7 Å². The van der Waals surface area contributed by atoms with Crippen LogP contribution in [0.1, 0.15) is 31.0 Å². The summed E-state index contributed by atoms with van der Waals surface area (Å²) in [7, 11) is 0. The zero-order valence-corrected chi connectivity index (χ0v) is 16.6. The highest BCUT2D eigenvalue weighted by atomic mass is 16.2. The summed E-state index contributed by atoms with van der Waals surface area (Å²) >= 11 is 0. The molecule has 1 amide bonds. The number of aryl methyl sites for hydroxylation is 2. The van der Waals surface area contributed by atoms with E-state index in [4.69, 9.17) is 0 Å². The predicted octanol–water partition coefficient (Wildman–Crippen LogP) is 4.02. The highest BCUT2D eigenvalue weighted by molar-refractivity contribution is 6.04. The molecule has 0 aliphatic rings. The number of aromatic nitrogens is 3. The average molecular weight is 386 g/mol. The molecule has 1 atom stereocenters. The van der Waals surface area contributed by atoms with Gasteiger partial charge in [-0.05, 0) is 50.6 Å². The lowest BCUT2D eigenvalue weighted by atomic mass is 10.0. The van der Waals surface area contributed by atoms with E-state index in [1.165, 1.54) is 4.68 Å². The summed E-state index contributed by atoms with van der Waals surface area (Å²) in [6, 6.07) is 15.1. The molecule has 0 saturated carbocycles. The fraction of sp³-hybridized carbons (Fsp3) is 0.217. The number of amides is 1. The van der Waals surface area contributed by atoms with Crippen LogP contribution in [0.2, 0.25) is 0 Å². The highest BCUT2D eigenvalue weighted by Crippen LogP contribution is 2.26. The first-order valence-electron chi connectivity index (χ1n) is 9.65. The van der Waals surface area contributed by atoms with Crippen LogP contribution in [0, 0.1) is 6.92 Å². The van der Waals surface area contributed by atoms with Crippen molar-refractivity contribution in [2.75, 3.05) is 5.32 Å². The number of benzene rings is 2. The number of carbonyl (C=O) groups excluding carboxylic acids is 1. The molecule has 0 fully saturated rings. The molecule has 2 heterocycles. The third kappa shape index (κ3) is 3.38. The van der Waals surface area contributed by atoms with E-state index in [1.807, 2.05) is 56.3 Å². The van der Waals surface area contributed by atoms with Crippen molar-refractivity contribution in [1.29, 1.82) is 0 Å². The largest absolute Gasteiger partial charge is 0.324 e. The molecule has 0 aliphatic heterocycles. The Kier molecular flexibility index (Phi) is 4.84. The molecule has 6 nitrogen and oxygen atoms in total. The molecule has 0 bridgehead atoms. The third-order valence-corrected chi connectivity index (χ3v) is 5.11. The first-order chi connectivity index (χ1) is 14.0. The van der Waals surface area contributed by atoms with Crippen molar-refractivity contribution in [2.24, 2.45) is 0 Å².